The van der Waals surface area contributed by atoms with Crippen LogP contribution in [0, 0.1) is 13.8 Å². The fourth-order valence-electron chi connectivity index (χ4n) is 2.59. The highest BCUT2D eigenvalue weighted by Crippen LogP contribution is 2.17. The van der Waals surface area contributed by atoms with Crippen LogP contribution in [0.2, 0.25) is 0 Å². The summed E-state index contributed by atoms with van der Waals surface area (Å²) < 4.78 is 16.4. The van der Waals surface area contributed by atoms with E-state index in [9.17, 15) is 4.79 Å². The van der Waals surface area contributed by atoms with E-state index in [0.29, 0.717) is 43.3 Å². The molecule has 2 aromatic heterocycles. The molecule has 0 aromatic carbocycles. The third kappa shape index (κ3) is 3.77. The van der Waals surface area contributed by atoms with E-state index < -0.39 is 0 Å². The van der Waals surface area contributed by atoms with Crippen LogP contribution in [0.1, 0.15) is 33.9 Å². The molecular formula is C15H19N3O4S. The number of aryl methyl sites for hydroxylation is 2. The second-order valence-electron chi connectivity index (χ2n) is 5.47. The van der Waals surface area contributed by atoms with E-state index in [-0.39, 0.29) is 18.1 Å². The first kappa shape index (κ1) is 16.1. The third-order valence-electron chi connectivity index (χ3n) is 3.81. The molecule has 2 aromatic rings. The number of carbonyl (C=O) groups excluding carboxylic acids is 1. The zero-order chi connectivity index (χ0) is 16.2. The Bertz CT molecular complexity index is 636. The van der Waals surface area contributed by atoms with Gasteiger partial charge in [-0.3, -0.25) is 4.79 Å². The zero-order valence-corrected chi connectivity index (χ0v) is 13.9. The molecule has 1 aliphatic heterocycles. The summed E-state index contributed by atoms with van der Waals surface area (Å²) in [6, 6.07) is -0.108. The minimum atomic E-state index is -0.199. The number of aromatic nitrogens is 2. The molecule has 3 heterocycles. The van der Waals surface area contributed by atoms with E-state index in [1.165, 1.54) is 11.3 Å². The van der Waals surface area contributed by atoms with Crippen LogP contribution in [0.25, 0.3) is 0 Å². The number of hydrogen-bond acceptors (Lipinski definition) is 7. The highest BCUT2D eigenvalue weighted by atomic mass is 32.1. The zero-order valence-electron chi connectivity index (χ0n) is 13.1. The summed E-state index contributed by atoms with van der Waals surface area (Å²) in [5, 5.41) is 8.79. The standard InChI is InChI=1S/C15H19N3O4S/c1-9-14(10(2)22-18-9)15(19)17-12-3-4-20-6-13(12)21-5-11-7-23-8-16-11/h7-8,12-13H,3-6H2,1-2H3,(H,17,19)/t12-,13-/m1/s1. The molecule has 124 valence electrons. The topological polar surface area (TPSA) is 86.5 Å². The Labute approximate surface area is 138 Å². The second-order valence-corrected chi connectivity index (χ2v) is 6.19. The first-order valence-corrected chi connectivity index (χ1v) is 8.39. The summed E-state index contributed by atoms with van der Waals surface area (Å²) in [4.78, 5) is 16.7. The van der Waals surface area contributed by atoms with Crippen molar-refractivity contribution in [1.29, 1.82) is 0 Å². The molecule has 8 heteroatoms. The average molecular weight is 337 g/mol. The summed E-state index contributed by atoms with van der Waals surface area (Å²) in [5.41, 5.74) is 3.74. The van der Waals surface area contributed by atoms with Gasteiger partial charge in [-0.05, 0) is 20.3 Å². The molecule has 0 spiro atoms. The van der Waals surface area contributed by atoms with Crippen molar-refractivity contribution >= 4 is 17.2 Å². The fraction of sp³-hybridized carbons (Fsp3) is 0.533. The van der Waals surface area contributed by atoms with Crippen LogP contribution < -0.4 is 5.32 Å². The van der Waals surface area contributed by atoms with E-state index in [1.807, 2.05) is 5.38 Å². The Balaban J connectivity index is 1.63. The minimum absolute atomic E-state index is 0.108. The molecule has 1 fully saturated rings. The Hall–Kier alpha value is -1.77. The van der Waals surface area contributed by atoms with Crippen molar-refractivity contribution in [1.82, 2.24) is 15.5 Å². The summed E-state index contributed by atoms with van der Waals surface area (Å²) in [7, 11) is 0. The van der Waals surface area contributed by atoms with Crippen LogP contribution in [-0.2, 0) is 16.1 Å². The maximum Gasteiger partial charge on any atom is 0.257 e. The summed E-state index contributed by atoms with van der Waals surface area (Å²) in [5.74, 6) is 0.336. The van der Waals surface area contributed by atoms with E-state index in [2.05, 4.69) is 15.5 Å². The highest BCUT2D eigenvalue weighted by Gasteiger charge is 2.30. The quantitative estimate of drug-likeness (QED) is 0.896. The number of ether oxygens (including phenoxy) is 2. The molecule has 0 aliphatic carbocycles. The normalized spacial score (nSPS) is 21.3. The lowest BCUT2D eigenvalue weighted by atomic mass is 10.0. The Morgan fingerprint density at radius 2 is 2.39 bits per heavy atom. The molecule has 2 atom stereocenters. The van der Waals surface area contributed by atoms with Crippen molar-refractivity contribution in [2.45, 2.75) is 39.0 Å². The van der Waals surface area contributed by atoms with Gasteiger partial charge in [0.25, 0.3) is 5.91 Å². The van der Waals surface area contributed by atoms with E-state index in [4.69, 9.17) is 14.0 Å². The number of nitrogens with zero attached hydrogens (tertiary/aromatic N) is 2. The number of rotatable bonds is 5. The Morgan fingerprint density at radius 3 is 3.09 bits per heavy atom. The predicted octanol–water partition coefficient (Wildman–Crippen LogP) is 1.85. The molecule has 1 aliphatic rings. The summed E-state index contributed by atoms with van der Waals surface area (Å²) >= 11 is 1.53. The van der Waals surface area contributed by atoms with E-state index in [1.54, 1.807) is 19.4 Å². The minimum Gasteiger partial charge on any atom is -0.379 e. The first-order chi connectivity index (χ1) is 11.1. The first-order valence-electron chi connectivity index (χ1n) is 7.45. The monoisotopic (exact) mass is 337 g/mol. The highest BCUT2D eigenvalue weighted by molar-refractivity contribution is 7.07. The van der Waals surface area contributed by atoms with Crippen LogP contribution in [0.3, 0.4) is 0 Å². The maximum atomic E-state index is 12.5. The van der Waals surface area contributed by atoms with Crippen molar-refractivity contribution in [2.24, 2.45) is 0 Å². The Morgan fingerprint density at radius 1 is 1.52 bits per heavy atom. The predicted molar refractivity (Wildman–Crippen MR) is 83.4 cm³/mol. The van der Waals surface area contributed by atoms with Crippen LogP contribution >= 0.6 is 11.3 Å². The van der Waals surface area contributed by atoms with Crippen molar-refractivity contribution in [3.05, 3.63) is 33.6 Å². The molecule has 23 heavy (non-hydrogen) atoms. The number of nitrogens with one attached hydrogen (secondary N) is 1. The van der Waals surface area contributed by atoms with Crippen molar-refractivity contribution in [2.75, 3.05) is 13.2 Å². The van der Waals surface area contributed by atoms with E-state index >= 15 is 0 Å². The third-order valence-corrected chi connectivity index (χ3v) is 4.45. The SMILES string of the molecule is Cc1noc(C)c1C(=O)N[C@@H]1CCOC[C@H]1OCc1cscn1. The molecule has 7 nitrogen and oxygen atoms in total. The number of amides is 1. The van der Waals surface area contributed by atoms with E-state index in [0.717, 1.165) is 5.69 Å². The molecule has 1 N–H and O–H groups in total. The molecule has 1 saturated heterocycles. The van der Waals surface area contributed by atoms with Crippen LogP contribution in [0.5, 0.6) is 0 Å². The molecule has 3 rings (SSSR count). The fourth-order valence-corrected chi connectivity index (χ4v) is 3.13. The van der Waals surface area contributed by atoms with Gasteiger partial charge >= 0.3 is 0 Å². The second kappa shape index (κ2) is 7.20. The molecule has 1 amide bonds. The van der Waals surface area contributed by atoms with Crippen LogP contribution in [0.15, 0.2) is 15.4 Å². The lowest BCUT2D eigenvalue weighted by Crippen LogP contribution is -2.50. The Kier molecular flexibility index (Phi) is 5.04. The van der Waals surface area contributed by atoms with Crippen molar-refractivity contribution in [3.63, 3.8) is 0 Å². The van der Waals surface area contributed by atoms with Gasteiger partial charge in [0.15, 0.2) is 0 Å². The largest absolute Gasteiger partial charge is 0.379 e. The van der Waals surface area contributed by atoms with Crippen molar-refractivity contribution < 1.29 is 18.8 Å². The maximum absolute atomic E-state index is 12.5. The molecular weight excluding hydrogens is 318 g/mol. The lowest BCUT2D eigenvalue weighted by molar-refractivity contribution is -0.0742. The summed E-state index contributed by atoms with van der Waals surface area (Å²) in [6.07, 6.45) is 0.506. The van der Waals surface area contributed by atoms with Gasteiger partial charge in [-0.2, -0.15) is 0 Å². The van der Waals surface area contributed by atoms with Gasteiger partial charge in [0.2, 0.25) is 0 Å². The van der Waals surface area contributed by atoms with Gasteiger partial charge in [0, 0.05) is 12.0 Å². The smallest absolute Gasteiger partial charge is 0.257 e. The van der Waals surface area contributed by atoms with Crippen LogP contribution in [0.4, 0.5) is 0 Å². The lowest BCUT2D eigenvalue weighted by Gasteiger charge is -2.31. The summed E-state index contributed by atoms with van der Waals surface area (Å²) in [6.45, 7) is 4.95. The van der Waals surface area contributed by atoms with Gasteiger partial charge in [0.05, 0.1) is 36.2 Å². The number of hydrogen-bond donors (Lipinski definition) is 1. The van der Waals surface area contributed by atoms with Gasteiger partial charge < -0.3 is 19.3 Å². The molecule has 0 unspecified atom stereocenters. The van der Waals surface area contributed by atoms with Gasteiger partial charge in [-0.15, -0.1) is 11.3 Å². The van der Waals surface area contributed by atoms with Crippen molar-refractivity contribution in [3.8, 4) is 0 Å². The molecule has 0 saturated carbocycles. The van der Waals surface area contributed by atoms with Gasteiger partial charge in [-0.1, -0.05) is 5.16 Å². The van der Waals surface area contributed by atoms with Gasteiger partial charge in [0.1, 0.15) is 17.4 Å². The van der Waals surface area contributed by atoms with Gasteiger partial charge in [-0.25, -0.2) is 4.98 Å². The average Bonchev–Trinajstić information content (AvgIpc) is 3.16. The number of thiazole rings is 1. The number of carbonyl (C=O) groups is 1. The molecule has 0 radical (unpaired) electrons. The molecule has 0 bridgehead atoms. The van der Waals surface area contributed by atoms with Crippen LogP contribution in [-0.4, -0.2) is 41.4 Å².